The Hall–Kier alpha value is -6.64. The van der Waals surface area contributed by atoms with Crippen LogP contribution in [0.4, 0.5) is 0 Å². The number of hydrogen-bond donors (Lipinski definition) is 0. The van der Waals surface area contributed by atoms with Crippen LogP contribution in [0.5, 0.6) is 0 Å². The number of fused-ring (bicyclic) bond motifs is 6. The van der Waals surface area contributed by atoms with Gasteiger partial charge in [-0.15, -0.1) is 0 Å². The summed E-state index contributed by atoms with van der Waals surface area (Å²) < 4.78 is 0. The van der Waals surface area contributed by atoms with Gasteiger partial charge in [-0.1, -0.05) is 170 Å². The second kappa shape index (κ2) is 11.8. The maximum atomic E-state index is 5.37. The zero-order valence-corrected chi connectivity index (χ0v) is 27.9. The van der Waals surface area contributed by atoms with Gasteiger partial charge in [0.1, 0.15) is 0 Å². The van der Waals surface area contributed by atoms with Crippen LogP contribution in [0.25, 0.3) is 66.6 Å². The maximum absolute atomic E-state index is 5.37. The van der Waals surface area contributed by atoms with Crippen LogP contribution < -0.4 is 0 Å². The van der Waals surface area contributed by atoms with Gasteiger partial charge in [-0.25, -0.2) is 9.97 Å². The van der Waals surface area contributed by atoms with Crippen LogP contribution in [0.1, 0.15) is 22.3 Å². The van der Waals surface area contributed by atoms with Gasteiger partial charge in [-0.2, -0.15) is 0 Å². The fourth-order valence-electron chi connectivity index (χ4n) is 8.16. The average Bonchev–Trinajstić information content (AvgIpc) is 3.51. The minimum absolute atomic E-state index is 0.524. The minimum atomic E-state index is -0.524. The Morgan fingerprint density at radius 1 is 0.314 bits per heavy atom. The summed E-state index contributed by atoms with van der Waals surface area (Å²) in [5.74, 6) is 0. The monoisotopic (exact) mass is 648 g/mol. The van der Waals surface area contributed by atoms with Gasteiger partial charge in [0.25, 0.3) is 0 Å². The number of pyridine rings is 2. The Morgan fingerprint density at radius 3 is 1.25 bits per heavy atom. The van der Waals surface area contributed by atoms with Crippen LogP contribution in [-0.2, 0) is 5.41 Å². The number of hydrogen-bond acceptors (Lipinski definition) is 2. The van der Waals surface area contributed by atoms with Gasteiger partial charge >= 0.3 is 0 Å². The van der Waals surface area contributed by atoms with Crippen LogP contribution in [0, 0.1) is 0 Å². The molecule has 0 unspecified atom stereocenters. The number of aromatic nitrogens is 2. The van der Waals surface area contributed by atoms with Crippen molar-refractivity contribution in [2.75, 3.05) is 0 Å². The van der Waals surface area contributed by atoms with E-state index in [0.29, 0.717) is 0 Å². The van der Waals surface area contributed by atoms with E-state index in [1.54, 1.807) is 0 Å². The molecular formula is C49H32N2. The number of nitrogens with zero attached hydrogens (tertiary/aromatic N) is 2. The topological polar surface area (TPSA) is 25.8 Å². The zero-order valence-electron chi connectivity index (χ0n) is 27.9. The smallest absolute Gasteiger partial charge is 0.0972 e. The van der Waals surface area contributed by atoms with Crippen molar-refractivity contribution in [2.45, 2.75) is 5.41 Å². The van der Waals surface area contributed by atoms with Crippen LogP contribution in [0.15, 0.2) is 194 Å². The van der Waals surface area contributed by atoms with Crippen molar-refractivity contribution in [3.05, 3.63) is 216 Å². The summed E-state index contributed by atoms with van der Waals surface area (Å²) in [6.07, 6.45) is 0. The summed E-state index contributed by atoms with van der Waals surface area (Å²) in [4.78, 5) is 10.5. The van der Waals surface area contributed by atoms with E-state index in [4.69, 9.17) is 9.97 Å². The molecule has 1 aliphatic rings. The summed E-state index contributed by atoms with van der Waals surface area (Å²) in [7, 11) is 0. The first-order chi connectivity index (χ1) is 25.3. The third-order valence-corrected chi connectivity index (χ3v) is 10.5. The molecule has 238 valence electrons. The molecule has 0 fully saturated rings. The van der Waals surface area contributed by atoms with Gasteiger partial charge in [-0.3, -0.25) is 0 Å². The largest absolute Gasteiger partial charge is 0.245 e. The van der Waals surface area contributed by atoms with Crippen LogP contribution in [0.2, 0.25) is 0 Å². The van der Waals surface area contributed by atoms with Gasteiger partial charge in [0.2, 0.25) is 0 Å². The molecule has 2 heteroatoms. The SMILES string of the molecule is c1ccc(-c2ccc3c(c2)C(c2ccccc2)(c2ccccc2)c2cc(-c4ccc5ccc6ccc(-c7ccccc7)nc6c5n4)ccc2-3)cc1. The minimum Gasteiger partial charge on any atom is -0.245 e. The molecule has 10 rings (SSSR count). The third-order valence-electron chi connectivity index (χ3n) is 10.5. The number of rotatable bonds is 5. The highest BCUT2D eigenvalue weighted by Gasteiger charge is 2.46. The molecule has 0 atom stereocenters. The Morgan fingerprint density at radius 2 is 0.725 bits per heavy atom. The molecule has 0 saturated heterocycles. The van der Waals surface area contributed by atoms with Crippen molar-refractivity contribution in [3.8, 4) is 44.8 Å². The lowest BCUT2D eigenvalue weighted by molar-refractivity contribution is 0.769. The summed E-state index contributed by atoms with van der Waals surface area (Å²) in [6, 6.07) is 69.9. The van der Waals surface area contributed by atoms with Gasteiger partial charge in [-0.05, 0) is 68.8 Å². The van der Waals surface area contributed by atoms with E-state index >= 15 is 0 Å². The highest BCUT2D eigenvalue weighted by molar-refractivity contribution is 6.04. The molecule has 2 aromatic heterocycles. The van der Waals surface area contributed by atoms with E-state index in [0.717, 1.165) is 44.3 Å². The molecule has 0 N–H and O–H groups in total. The van der Waals surface area contributed by atoms with Crippen molar-refractivity contribution in [1.82, 2.24) is 9.97 Å². The van der Waals surface area contributed by atoms with E-state index in [-0.39, 0.29) is 0 Å². The fraction of sp³-hybridized carbons (Fsp3) is 0.0204. The molecule has 0 aliphatic heterocycles. The summed E-state index contributed by atoms with van der Waals surface area (Å²) in [6.45, 7) is 0. The van der Waals surface area contributed by atoms with Crippen molar-refractivity contribution in [1.29, 1.82) is 0 Å². The van der Waals surface area contributed by atoms with Crippen molar-refractivity contribution in [2.24, 2.45) is 0 Å². The standard InChI is InChI=1S/C49H32N2/c1-5-13-33(14-6-1)37-23-27-41-42-28-24-38(32-44(42)49(43(41)31-37,39-17-9-3-10-18-39)40-19-11-4-12-20-40)46-30-26-36-22-21-35-25-29-45(34-15-7-2-8-16-34)50-47(35)48(36)51-46/h1-32H. The fourth-order valence-corrected chi connectivity index (χ4v) is 8.16. The highest BCUT2D eigenvalue weighted by Crippen LogP contribution is 2.57. The predicted octanol–water partition coefficient (Wildman–Crippen LogP) is 12.1. The molecule has 7 aromatic carbocycles. The Kier molecular flexibility index (Phi) is 6.75. The predicted molar refractivity (Wildman–Crippen MR) is 211 cm³/mol. The summed E-state index contributed by atoms with van der Waals surface area (Å²) >= 11 is 0. The van der Waals surface area contributed by atoms with Gasteiger partial charge in [0.05, 0.1) is 27.8 Å². The quantitative estimate of drug-likeness (QED) is 0.174. The molecule has 0 spiro atoms. The average molecular weight is 649 g/mol. The molecule has 9 aromatic rings. The molecular weight excluding hydrogens is 617 g/mol. The van der Waals surface area contributed by atoms with E-state index in [1.807, 2.05) is 6.07 Å². The van der Waals surface area contributed by atoms with Gasteiger partial charge < -0.3 is 0 Å². The molecule has 51 heavy (non-hydrogen) atoms. The molecule has 2 nitrogen and oxygen atoms in total. The van der Waals surface area contributed by atoms with Crippen molar-refractivity contribution >= 4 is 21.8 Å². The van der Waals surface area contributed by atoms with Crippen molar-refractivity contribution < 1.29 is 0 Å². The lowest BCUT2D eigenvalue weighted by Crippen LogP contribution is -2.28. The van der Waals surface area contributed by atoms with E-state index < -0.39 is 5.41 Å². The zero-order chi connectivity index (χ0) is 33.8. The van der Waals surface area contributed by atoms with E-state index in [2.05, 4.69) is 188 Å². The molecule has 0 amide bonds. The van der Waals surface area contributed by atoms with Gasteiger partial charge in [0.15, 0.2) is 0 Å². The second-order valence-electron chi connectivity index (χ2n) is 13.3. The molecule has 0 bridgehead atoms. The summed E-state index contributed by atoms with van der Waals surface area (Å²) in [5.41, 5.74) is 15.4. The molecule has 2 heterocycles. The van der Waals surface area contributed by atoms with Crippen molar-refractivity contribution in [3.63, 3.8) is 0 Å². The molecule has 1 aliphatic carbocycles. The van der Waals surface area contributed by atoms with Crippen LogP contribution in [0.3, 0.4) is 0 Å². The summed E-state index contributed by atoms with van der Waals surface area (Å²) in [5, 5.41) is 2.16. The Labute approximate surface area is 297 Å². The maximum Gasteiger partial charge on any atom is 0.0972 e. The molecule has 0 radical (unpaired) electrons. The number of benzene rings is 7. The second-order valence-corrected chi connectivity index (χ2v) is 13.3. The normalized spacial score (nSPS) is 12.9. The first kappa shape index (κ1) is 29.3. The third kappa shape index (κ3) is 4.65. The van der Waals surface area contributed by atoms with Crippen LogP contribution in [-0.4, -0.2) is 9.97 Å². The van der Waals surface area contributed by atoms with E-state index in [1.165, 1.54) is 44.5 Å². The first-order valence-corrected chi connectivity index (χ1v) is 17.5. The van der Waals surface area contributed by atoms with Crippen LogP contribution >= 0.6 is 0 Å². The lowest BCUT2D eigenvalue weighted by Gasteiger charge is -2.34. The van der Waals surface area contributed by atoms with E-state index in [9.17, 15) is 0 Å². The van der Waals surface area contributed by atoms with Gasteiger partial charge in [0, 0.05) is 21.9 Å². The highest BCUT2D eigenvalue weighted by atomic mass is 14.8. The Bertz CT molecular complexity index is 2680. The Balaban J connectivity index is 1.21. The lowest BCUT2D eigenvalue weighted by atomic mass is 9.67. The first-order valence-electron chi connectivity index (χ1n) is 17.5. The molecule has 0 saturated carbocycles.